The molecule has 0 N–H and O–H groups in total. The summed E-state index contributed by atoms with van der Waals surface area (Å²) >= 11 is 0. The lowest BCUT2D eigenvalue weighted by Crippen LogP contribution is -2.41. The van der Waals surface area contributed by atoms with E-state index in [1.165, 1.54) is 0 Å². The number of morpholine rings is 1. The van der Waals surface area contributed by atoms with E-state index in [4.69, 9.17) is 7.05 Å². The number of rotatable bonds is 0. The normalized spacial score (nSPS) is 19.9. The molecule has 4 heteroatoms. The van der Waals surface area contributed by atoms with Gasteiger partial charge >= 0.3 is 11.9 Å². The Labute approximate surface area is 52.4 Å². The van der Waals surface area contributed by atoms with Crippen molar-refractivity contribution in [2.75, 3.05) is 13.2 Å². The fourth-order valence-electron chi connectivity index (χ4n) is 0.517. The molecule has 0 aromatic carbocycles. The molecule has 0 spiro atoms. The van der Waals surface area contributed by atoms with E-state index in [-0.39, 0.29) is 13.2 Å². The monoisotopic (exact) mass is 127 g/mol. The third-order valence-electron chi connectivity index (χ3n) is 1.00. The van der Waals surface area contributed by atoms with Crippen molar-refractivity contribution in [2.24, 2.45) is 0 Å². The standard InChI is InChI=1S/C5H5NO3/c1-6-2-3-9-5(8)4(6)7/h1H,2-3H2. The molecular formula is C5H5NO3. The summed E-state index contributed by atoms with van der Waals surface area (Å²) in [5.74, 6) is -1.65. The van der Waals surface area contributed by atoms with Gasteiger partial charge in [-0.25, -0.2) is 4.79 Å². The lowest BCUT2D eigenvalue weighted by atomic mass is 10.4. The molecule has 0 atom stereocenters. The van der Waals surface area contributed by atoms with Gasteiger partial charge in [-0.1, -0.05) is 0 Å². The summed E-state index contributed by atoms with van der Waals surface area (Å²) in [6.07, 6.45) is 0. The molecule has 1 aliphatic rings. The van der Waals surface area contributed by atoms with Crippen LogP contribution >= 0.6 is 0 Å². The predicted octanol–water partition coefficient (Wildman–Crippen LogP) is -0.960. The Kier molecular flexibility index (Phi) is 1.38. The van der Waals surface area contributed by atoms with Crippen molar-refractivity contribution < 1.29 is 14.3 Å². The van der Waals surface area contributed by atoms with Crippen LogP contribution in [-0.4, -0.2) is 29.9 Å². The second-order valence-electron chi connectivity index (χ2n) is 1.63. The van der Waals surface area contributed by atoms with Gasteiger partial charge in [-0.3, -0.25) is 4.79 Å². The summed E-state index contributed by atoms with van der Waals surface area (Å²) in [5, 5.41) is 0. The Hall–Kier alpha value is -1.06. The maximum atomic E-state index is 10.5. The summed E-state index contributed by atoms with van der Waals surface area (Å²) in [7, 11) is 5.05. The number of ether oxygens (including phenoxy) is 1. The number of amides is 1. The zero-order valence-electron chi connectivity index (χ0n) is 4.66. The van der Waals surface area contributed by atoms with Crippen molar-refractivity contribution in [3.05, 3.63) is 7.05 Å². The second kappa shape index (κ2) is 2.05. The van der Waals surface area contributed by atoms with E-state index >= 15 is 0 Å². The lowest BCUT2D eigenvalue weighted by Gasteiger charge is -2.19. The first-order valence-electron chi connectivity index (χ1n) is 2.45. The van der Waals surface area contributed by atoms with E-state index in [1.807, 2.05) is 0 Å². The van der Waals surface area contributed by atoms with E-state index in [0.29, 0.717) is 0 Å². The van der Waals surface area contributed by atoms with Gasteiger partial charge in [-0.2, -0.15) is 0 Å². The number of esters is 1. The van der Waals surface area contributed by atoms with Crippen LogP contribution in [0, 0.1) is 7.05 Å². The van der Waals surface area contributed by atoms with Crippen LogP contribution in [0.4, 0.5) is 0 Å². The van der Waals surface area contributed by atoms with Crippen LogP contribution in [0.15, 0.2) is 0 Å². The molecule has 9 heavy (non-hydrogen) atoms. The summed E-state index contributed by atoms with van der Waals surface area (Å²) in [6.45, 7) is 0.478. The van der Waals surface area contributed by atoms with Crippen molar-refractivity contribution in [3.8, 4) is 0 Å². The third kappa shape index (κ3) is 1.01. The first-order chi connectivity index (χ1) is 4.22. The molecule has 48 valence electrons. The van der Waals surface area contributed by atoms with Crippen LogP contribution in [0.5, 0.6) is 0 Å². The molecule has 1 heterocycles. The van der Waals surface area contributed by atoms with E-state index in [9.17, 15) is 9.59 Å². The second-order valence-corrected chi connectivity index (χ2v) is 1.63. The highest BCUT2D eigenvalue weighted by Crippen LogP contribution is 1.96. The fourth-order valence-corrected chi connectivity index (χ4v) is 0.517. The molecule has 1 aliphatic heterocycles. The first-order valence-corrected chi connectivity index (χ1v) is 2.45. The molecule has 0 unspecified atom stereocenters. The minimum Gasteiger partial charge on any atom is -0.457 e. The van der Waals surface area contributed by atoms with Gasteiger partial charge in [0, 0.05) is 0 Å². The van der Waals surface area contributed by atoms with Crippen molar-refractivity contribution in [3.63, 3.8) is 0 Å². The average molecular weight is 127 g/mol. The molecule has 0 aromatic rings. The molecule has 1 rings (SSSR count). The van der Waals surface area contributed by atoms with Gasteiger partial charge < -0.3 is 9.64 Å². The van der Waals surface area contributed by atoms with Gasteiger partial charge in [-0.05, 0) is 0 Å². The Morgan fingerprint density at radius 3 is 2.67 bits per heavy atom. The molecule has 0 aromatic heterocycles. The Morgan fingerprint density at radius 1 is 1.56 bits per heavy atom. The molecule has 0 saturated carbocycles. The van der Waals surface area contributed by atoms with Crippen LogP contribution in [-0.2, 0) is 14.3 Å². The van der Waals surface area contributed by atoms with Crippen LogP contribution in [0.25, 0.3) is 0 Å². The molecule has 1 fully saturated rings. The van der Waals surface area contributed by atoms with Gasteiger partial charge in [0.15, 0.2) is 0 Å². The number of hydrogen-bond acceptors (Lipinski definition) is 3. The fraction of sp³-hybridized carbons (Fsp3) is 0.400. The van der Waals surface area contributed by atoms with Gasteiger partial charge in [0.05, 0.1) is 13.6 Å². The minimum atomic E-state index is -0.872. The highest BCUT2D eigenvalue weighted by Gasteiger charge is 2.24. The zero-order chi connectivity index (χ0) is 6.85. The number of carbonyl (C=O) groups excluding carboxylic acids is 2. The van der Waals surface area contributed by atoms with E-state index in [0.717, 1.165) is 4.90 Å². The Bertz CT molecular complexity index is 154. The maximum Gasteiger partial charge on any atom is 0.397 e. The Morgan fingerprint density at radius 2 is 2.22 bits per heavy atom. The molecule has 2 radical (unpaired) electrons. The van der Waals surface area contributed by atoms with Crippen molar-refractivity contribution in [1.82, 2.24) is 4.90 Å². The quantitative estimate of drug-likeness (QED) is 0.311. The summed E-state index contributed by atoms with van der Waals surface area (Å²) < 4.78 is 4.35. The first kappa shape index (κ1) is 6.07. The van der Waals surface area contributed by atoms with Gasteiger partial charge in [0.2, 0.25) is 0 Å². The topological polar surface area (TPSA) is 46.6 Å². The van der Waals surface area contributed by atoms with Gasteiger partial charge in [0.25, 0.3) is 0 Å². The van der Waals surface area contributed by atoms with E-state index in [1.54, 1.807) is 0 Å². The van der Waals surface area contributed by atoms with Crippen LogP contribution < -0.4 is 0 Å². The molecular weight excluding hydrogens is 122 g/mol. The lowest BCUT2D eigenvalue weighted by molar-refractivity contribution is -0.164. The average Bonchev–Trinajstić information content (AvgIpc) is 1.83. The smallest absolute Gasteiger partial charge is 0.397 e. The Balaban J connectivity index is 2.62. The largest absolute Gasteiger partial charge is 0.457 e. The number of hydrogen-bond donors (Lipinski definition) is 0. The molecule has 0 bridgehead atoms. The highest BCUT2D eigenvalue weighted by molar-refractivity contribution is 6.32. The molecule has 0 aliphatic carbocycles. The third-order valence-corrected chi connectivity index (χ3v) is 1.00. The highest BCUT2D eigenvalue weighted by atomic mass is 16.5. The molecule has 1 saturated heterocycles. The summed E-state index contributed by atoms with van der Waals surface area (Å²) in [5.41, 5.74) is 0. The van der Waals surface area contributed by atoms with Crippen molar-refractivity contribution >= 4 is 11.9 Å². The predicted molar refractivity (Wildman–Crippen MR) is 27.0 cm³/mol. The minimum absolute atomic E-state index is 0.196. The van der Waals surface area contributed by atoms with Crippen molar-refractivity contribution in [1.29, 1.82) is 0 Å². The van der Waals surface area contributed by atoms with E-state index in [2.05, 4.69) is 4.74 Å². The molecule has 4 nitrogen and oxygen atoms in total. The zero-order valence-corrected chi connectivity index (χ0v) is 4.66. The SMILES string of the molecule is [CH]N1CCOC(=O)C1=O. The van der Waals surface area contributed by atoms with Crippen molar-refractivity contribution in [2.45, 2.75) is 0 Å². The van der Waals surface area contributed by atoms with Gasteiger partial charge in [0.1, 0.15) is 6.61 Å². The summed E-state index contributed by atoms with van der Waals surface area (Å²) in [4.78, 5) is 21.6. The number of carbonyl (C=O) groups is 2. The van der Waals surface area contributed by atoms with Crippen LogP contribution in [0.1, 0.15) is 0 Å². The maximum absolute atomic E-state index is 10.5. The number of cyclic esters (lactones) is 1. The van der Waals surface area contributed by atoms with Crippen LogP contribution in [0.3, 0.4) is 0 Å². The number of nitrogens with zero attached hydrogens (tertiary/aromatic N) is 1. The summed E-state index contributed by atoms with van der Waals surface area (Å²) in [6, 6.07) is 0. The van der Waals surface area contributed by atoms with E-state index < -0.39 is 11.9 Å². The molecule has 1 amide bonds. The van der Waals surface area contributed by atoms with Crippen LogP contribution in [0.2, 0.25) is 0 Å². The van der Waals surface area contributed by atoms with Gasteiger partial charge in [-0.15, -0.1) is 0 Å².